The number of ether oxygens (including phenoxy) is 1. The number of hydrogen-bond donors (Lipinski definition) is 1. The second kappa shape index (κ2) is 6.53. The largest absolute Gasteiger partial charge is 0.448 e. The average Bonchev–Trinajstić information content (AvgIpc) is 3.04. The molecule has 0 fully saturated rings. The molecule has 0 saturated carbocycles. The van der Waals surface area contributed by atoms with Crippen LogP contribution in [-0.4, -0.2) is 23.1 Å². The molecule has 1 N–H and O–H groups in total. The summed E-state index contributed by atoms with van der Waals surface area (Å²) in [7, 11) is 0. The highest BCUT2D eigenvalue weighted by atomic mass is 32.1. The number of carbonyl (C=O) groups is 2. The number of rotatable bonds is 5. The van der Waals surface area contributed by atoms with E-state index in [1.54, 1.807) is 19.9 Å². The summed E-state index contributed by atoms with van der Waals surface area (Å²) in [4.78, 5) is 24.6. The summed E-state index contributed by atoms with van der Waals surface area (Å²) in [5.41, 5.74) is 0.840. The molecule has 1 atom stereocenters. The van der Waals surface area contributed by atoms with Crippen LogP contribution in [0.25, 0.3) is 0 Å². The molecule has 21 heavy (non-hydrogen) atoms. The van der Waals surface area contributed by atoms with Gasteiger partial charge in [0.1, 0.15) is 10.6 Å². The van der Waals surface area contributed by atoms with Crippen LogP contribution in [0.4, 0.5) is 5.82 Å². The molecular formula is C14H16N2O4S. The summed E-state index contributed by atoms with van der Waals surface area (Å²) in [6, 6.07) is 3.43. The van der Waals surface area contributed by atoms with Crippen molar-refractivity contribution < 1.29 is 18.8 Å². The van der Waals surface area contributed by atoms with Crippen molar-refractivity contribution in [3.05, 3.63) is 33.7 Å². The normalized spacial score (nSPS) is 12.0. The number of aromatic nitrogens is 1. The molecule has 2 rings (SSSR count). The van der Waals surface area contributed by atoms with Gasteiger partial charge in [0.15, 0.2) is 11.9 Å². The van der Waals surface area contributed by atoms with Crippen molar-refractivity contribution in [2.24, 2.45) is 0 Å². The first-order chi connectivity index (χ1) is 10.0. The van der Waals surface area contributed by atoms with Crippen molar-refractivity contribution in [2.75, 3.05) is 5.32 Å². The van der Waals surface area contributed by atoms with Crippen molar-refractivity contribution in [3.63, 3.8) is 0 Å². The zero-order chi connectivity index (χ0) is 15.4. The molecule has 6 nitrogen and oxygen atoms in total. The maximum Gasteiger partial charge on any atom is 0.349 e. The Hall–Kier alpha value is -2.15. The van der Waals surface area contributed by atoms with E-state index < -0.39 is 18.0 Å². The van der Waals surface area contributed by atoms with Gasteiger partial charge in [0, 0.05) is 6.07 Å². The van der Waals surface area contributed by atoms with Crippen LogP contribution in [0.2, 0.25) is 0 Å². The van der Waals surface area contributed by atoms with Gasteiger partial charge in [-0.05, 0) is 37.3 Å². The Bertz CT molecular complexity index is 647. The van der Waals surface area contributed by atoms with Crippen LogP contribution in [-0.2, 0) is 9.53 Å². The van der Waals surface area contributed by atoms with Crippen molar-refractivity contribution in [2.45, 2.75) is 33.3 Å². The van der Waals surface area contributed by atoms with Crippen molar-refractivity contribution in [1.82, 2.24) is 5.16 Å². The van der Waals surface area contributed by atoms with E-state index in [-0.39, 0.29) is 0 Å². The molecule has 0 radical (unpaired) electrons. The van der Waals surface area contributed by atoms with Gasteiger partial charge in [-0.15, -0.1) is 11.3 Å². The van der Waals surface area contributed by atoms with Crippen LogP contribution in [0, 0.1) is 13.8 Å². The van der Waals surface area contributed by atoms with Gasteiger partial charge in [0.2, 0.25) is 0 Å². The predicted octanol–water partition coefficient (Wildman–Crippen LogP) is 2.93. The molecule has 2 heterocycles. The predicted molar refractivity (Wildman–Crippen MR) is 78.4 cm³/mol. The van der Waals surface area contributed by atoms with Gasteiger partial charge < -0.3 is 14.6 Å². The Kier molecular flexibility index (Phi) is 4.74. The smallest absolute Gasteiger partial charge is 0.349 e. The van der Waals surface area contributed by atoms with Gasteiger partial charge in [0.05, 0.1) is 0 Å². The first-order valence-electron chi connectivity index (χ1n) is 6.50. The standard InChI is InChI=1S/C14H16N2O4S/c1-4-10(13(17)15-11-7-9(3)20-16-11)19-14(18)12-8(2)5-6-21-12/h5-7,10H,4H2,1-3H3,(H,15,16,17). The molecule has 0 aliphatic rings. The number of aryl methyl sites for hydroxylation is 2. The van der Waals surface area contributed by atoms with Crippen molar-refractivity contribution in [3.8, 4) is 0 Å². The third kappa shape index (κ3) is 3.69. The highest BCUT2D eigenvalue weighted by Gasteiger charge is 2.24. The van der Waals surface area contributed by atoms with Gasteiger partial charge in [-0.25, -0.2) is 4.79 Å². The molecule has 2 aromatic heterocycles. The fourth-order valence-electron chi connectivity index (χ4n) is 1.72. The number of nitrogens with zero attached hydrogens (tertiary/aromatic N) is 1. The van der Waals surface area contributed by atoms with E-state index in [0.717, 1.165) is 5.56 Å². The van der Waals surface area contributed by atoms with E-state index in [0.29, 0.717) is 22.9 Å². The lowest BCUT2D eigenvalue weighted by molar-refractivity contribution is -0.124. The highest BCUT2D eigenvalue weighted by molar-refractivity contribution is 7.12. The third-order valence-electron chi connectivity index (χ3n) is 2.84. The number of anilines is 1. The fraction of sp³-hybridized carbons (Fsp3) is 0.357. The van der Waals surface area contributed by atoms with Gasteiger partial charge in [-0.3, -0.25) is 4.79 Å². The zero-order valence-corrected chi connectivity index (χ0v) is 12.8. The lowest BCUT2D eigenvalue weighted by atomic mass is 10.2. The fourth-order valence-corrected chi connectivity index (χ4v) is 2.53. The zero-order valence-electron chi connectivity index (χ0n) is 12.0. The maximum atomic E-state index is 12.1. The molecule has 7 heteroatoms. The van der Waals surface area contributed by atoms with E-state index in [1.165, 1.54) is 11.3 Å². The number of thiophene rings is 1. The molecule has 1 amide bonds. The molecule has 0 aliphatic carbocycles. The summed E-state index contributed by atoms with van der Waals surface area (Å²) in [6.07, 6.45) is -0.491. The van der Waals surface area contributed by atoms with E-state index >= 15 is 0 Å². The van der Waals surface area contributed by atoms with Crippen LogP contribution in [0.5, 0.6) is 0 Å². The van der Waals surface area contributed by atoms with E-state index in [2.05, 4.69) is 10.5 Å². The quantitative estimate of drug-likeness (QED) is 0.859. The number of nitrogens with one attached hydrogen (secondary N) is 1. The molecular weight excluding hydrogens is 292 g/mol. The monoisotopic (exact) mass is 308 g/mol. The first kappa shape index (κ1) is 15.2. The average molecular weight is 308 g/mol. The van der Waals surface area contributed by atoms with E-state index in [1.807, 2.05) is 18.4 Å². The Balaban J connectivity index is 2.00. The van der Waals surface area contributed by atoms with Gasteiger partial charge in [0.25, 0.3) is 5.91 Å². The van der Waals surface area contributed by atoms with Crippen LogP contribution < -0.4 is 5.32 Å². The third-order valence-corrected chi connectivity index (χ3v) is 3.84. The molecule has 1 unspecified atom stereocenters. The van der Waals surface area contributed by atoms with Gasteiger partial charge in [-0.2, -0.15) is 0 Å². The maximum absolute atomic E-state index is 12.1. The SMILES string of the molecule is CCC(OC(=O)c1sccc1C)C(=O)Nc1cc(C)on1. The lowest BCUT2D eigenvalue weighted by Gasteiger charge is -2.14. The number of carbonyl (C=O) groups excluding carboxylic acids is 2. The Labute approximate surface area is 126 Å². The Morgan fingerprint density at radius 3 is 2.76 bits per heavy atom. The second-order valence-corrected chi connectivity index (χ2v) is 5.46. The number of hydrogen-bond acceptors (Lipinski definition) is 6. The minimum atomic E-state index is -0.865. The molecule has 2 aromatic rings. The highest BCUT2D eigenvalue weighted by Crippen LogP contribution is 2.18. The van der Waals surface area contributed by atoms with E-state index in [4.69, 9.17) is 9.26 Å². The summed E-state index contributed by atoms with van der Waals surface area (Å²) in [5.74, 6) is -0.0157. The number of esters is 1. The summed E-state index contributed by atoms with van der Waals surface area (Å²) in [5, 5.41) is 8.04. The van der Waals surface area contributed by atoms with Crippen LogP contribution in [0.3, 0.4) is 0 Å². The summed E-state index contributed by atoms with van der Waals surface area (Å²) >= 11 is 1.30. The molecule has 0 aliphatic heterocycles. The topological polar surface area (TPSA) is 81.4 Å². The van der Waals surface area contributed by atoms with Crippen LogP contribution in [0.15, 0.2) is 22.0 Å². The van der Waals surface area contributed by atoms with Crippen LogP contribution in [0.1, 0.15) is 34.3 Å². The summed E-state index contributed by atoms with van der Waals surface area (Å²) < 4.78 is 10.1. The summed E-state index contributed by atoms with van der Waals surface area (Å²) in [6.45, 7) is 5.32. The van der Waals surface area contributed by atoms with E-state index in [9.17, 15) is 9.59 Å². The molecule has 0 saturated heterocycles. The minimum Gasteiger partial charge on any atom is -0.448 e. The Morgan fingerprint density at radius 1 is 1.48 bits per heavy atom. The molecule has 112 valence electrons. The minimum absolute atomic E-state index is 0.305. The van der Waals surface area contributed by atoms with Crippen LogP contribution >= 0.6 is 11.3 Å². The second-order valence-electron chi connectivity index (χ2n) is 4.55. The molecule has 0 aromatic carbocycles. The molecule has 0 spiro atoms. The van der Waals surface area contributed by atoms with Gasteiger partial charge >= 0.3 is 5.97 Å². The number of amides is 1. The Morgan fingerprint density at radius 2 is 2.24 bits per heavy atom. The van der Waals surface area contributed by atoms with Gasteiger partial charge in [-0.1, -0.05) is 12.1 Å². The van der Waals surface area contributed by atoms with Crippen molar-refractivity contribution >= 4 is 29.0 Å². The first-order valence-corrected chi connectivity index (χ1v) is 7.38. The van der Waals surface area contributed by atoms with Crippen molar-refractivity contribution in [1.29, 1.82) is 0 Å². The molecule has 0 bridgehead atoms. The lowest BCUT2D eigenvalue weighted by Crippen LogP contribution is -2.32.